The average Bonchev–Trinajstić information content (AvgIpc) is 2.35. The highest BCUT2D eigenvalue weighted by Gasteiger charge is 2.01. The van der Waals surface area contributed by atoms with Crippen LogP contribution in [0.2, 0.25) is 0 Å². The molecule has 0 spiro atoms. The molecule has 0 saturated heterocycles. The number of rotatable bonds is 3. The lowest BCUT2D eigenvalue weighted by molar-refractivity contribution is 1.26. The van der Waals surface area contributed by atoms with E-state index in [1.54, 1.807) is 0 Å². The molecular formula is C17H19N. The summed E-state index contributed by atoms with van der Waals surface area (Å²) in [4.78, 5) is 4.77. The van der Waals surface area contributed by atoms with Crippen molar-refractivity contribution in [1.82, 2.24) is 0 Å². The number of aliphatic imine (C=N–C) groups is 1. The second-order valence-corrected chi connectivity index (χ2v) is 4.75. The van der Waals surface area contributed by atoms with Crippen LogP contribution >= 0.6 is 0 Å². The van der Waals surface area contributed by atoms with Gasteiger partial charge in [-0.1, -0.05) is 48.5 Å². The van der Waals surface area contributed by atoms with E-state index in [0.717, 1.165) is 17.8 Å². The van der Waals surface area contributed by atoms with Crippen LogP contribution in [0.5, 0.6) is 0 Å². The van der Waals surface area contributed by atoms with Crippen molar-refractivity contribution in [2.45, 2.75) is 27.2 Å². The van der Waals surface area contributed by atoms with E-state index in [1.165, 1.54) is 16.7 Å². The molecule has 1 nitrogen and oxygen atoms in total. The standard InChI is InChI=1S/C17H19N/c1-13-8-7-9-14(2)17(13)18-15(3)12-16-10-5-4-6-11-16/h4-11H,12H2,1-3H3. The Balaban J connectivity index is 2.23. The van der Waals surface area contributed by atoms with E-state index in [2.05, 4.69) is 63.2 Å². The average molecular weight is 237 g/mol. The van der Waals surface area contributed by atoms with Gasteiger partial charge in [0.25, 0.3) is 0 Å². The van der Waals surface area contributed by atoms with E-state index in [4.69, 9.17) is 4.99 Å². The van der Waals surface area contributed by atoms with Crippen molar-refractivity contribution >= 4 is 11.4 Å². The molecule has 0 aromatic heterocycles. The van der Waals surface area contributed by atoms with Gasteiger partial charge in [0.15, 0.2) is 0 Å². The van der Waals surface area contributed by atoms with Crippen molar-refractivity contribution in [3.05, 3.63) is 65.2 Å². The Morgan fingerprint density at radius 2 is 1.50 bits per heavy atom. The fourth-order valence-corrected chi connectivity index (χ4v) is 2.10. The zero-order valence-electron chi connectivity index (χ0n) is 11.3. The first kappa shape index (κ1) is 12.6. The van der Waals surface area contributed by atoms with Crippen LogP contribution in [0.25, 0.3) is 0 Å². The summed E-state index contributed by atoms with van der Waals surface area (Å²) in [6, 6.07) is 16.8. The molecule has 0 atom stereocenters. The van der Waals surface area contributed by atoms with Gasteiger partial charge in [-0.2, -0.15) is 0 Å². The normalized spacial score (nSPS) is 11.6. The van der Waals surface area contributed by atoms with E-state index >= 15 is 0 Å². The molecule has 0 heterocycles. The van der Waals surface area contributed by atoms with Gasteiger partial charge in [-0.3, -0.25) is 4.99 Å². The summed E-state index contributed by atoms with van der Waals surface area (Å²) >= 11 is 0. The van der Waals surface area contributed by atoms with Crippen LogP contribution in [0, 0.1) is 13.8 Å². The van der Waals surface area contributed by atoms with Gasteiger partial charge >= 0.3 is 0 Å². The molecule has 2 aromatic rings. The fraction of sp³-hybridized carbons (Fsp3) is 0.235. The molecule has 0 aliphatic rings. The zero-order valence-corrected chi connectivity index (χ0v) is 11.3. The fourth-order valence-electron chi connectivity index (χ4n) is 2.10. The SMILES string of the molecule is CC(Cc1ccccc1)=Nc1c(C)cccc1C. The molecule has 0 bridgehead atoms. The van der Waals surface area contributed by atoms with Crippen molar-refractivity contribution in [3.8, 4) is 0 Å². The number of nitrogens with zero attached hydrogens (tertiary/aromatic N) is 1. The quantitative estimate of drug-likeness (QED) is 0.690. The van der Waals surface area contributed by atoms with Crippen LogP contribution < -0.4 is 0 Å². The third-order valence-electron chi connectivity index (χ3n) is 3.04. The van der Waals surface area contributed by atoms with Crippen LogP contribution in [0.15, 0.2) is 53.5 Å². The Bertz CT molecular complexity index is 533. The van der Waals surface area contributed by atoms with Crippen LogP contribution in [-0.4, -0.2) is 5.71 Å². The van der Waals surface area contributed by atoms with Gasteiger partial charge in [-0.25, -0.2) is 0 Å². The first-order chi connectivity index (χ1) is 8.66. The molecule has 0 amide bonds. The van der Waals surface area contributed by atoms with E-state index in [-0.39, 0.29) is 0 Å². The first-order valence-electron chi connectivity index (χ1n) is 6.31. The summed E-state index contributed by atoms with van der Waals surface area (Å²) in [5.41, 5.74) is 6.05. The topological polar surface area (TPSA) is 12.4 Å². The minimum Gasteiger partial charge on any atom is -0.257 e. The highest BCUT2D eigenvalue weighted by molar-refractivity contribution is 5.87. The maximum atomic E-state index is 4.77. The molecule has 0 aliphatic carbocycles. The van der Waals surface area contributed by atoms with Gasteiger partial charge in [0.1, 0.15) is 0 Å². The van der Waals surface area contributed by atoms with Crippen molar-refractivity contribution in [1.29, 1.82) is 0 Å². The van der Waals surface area contributed by atoms with Crippen molar-refractivity contribution < 1.29 is 0 Å². The van der Waals surface area contributed by atoms with E-state index in [0.29, 0.717) is 0 Å². The maximum absolute atomic E-state index is 4.77. The third-order valence-corrected chi connectivity index (χ3v) is 3.04. The summed E-state index contributed by atoms with van der Waals surface area (Å²) in [6.45, 7) is 6.32. The minimum atomic E-state index is 0.911. The van der Waals surface area contributed by atoms with Crippen LogP contribution in [-0.2, 0) is 6.42 Å². The van der Waals surface area contributed by atoms with E-state index in [1.807, 2.05) is 6.07 Å². The van der Waals surface area contributed by atoms with E-state index in [9.17, 15) is 0 Å². The van der Waals surface area contributed by atoms with Gasteiger partial charge in [0.05, 0.1) is 5.69 Å². The van der Waals surface area contributed by atoms with Gasteiger partial charge < -0.3 is 0 Å². The lowest BCUT2D eigenvalue weighted by Gasteiger charge is -2.06. The summed E-state index contributed by atoms with van der Waals surface area (Å²) < 4.78 is 0. The predicted molar refractivity (Wildman–Crippen MR) is 78.8 cm³/mol. The molecule has 2 rings (SSSR count). The van der Waals surface area contributed by atoms with Gasteiger partial charge in [0, 0.05) is 12.1 Å². The summed E-state index contributed by atoms with van der Waals surface area (Å²) in [6.07, 6.45) is 0.911. The molecule has 2 aromatic carbocycles. The second kappa shape index (κ2) is 5.63. The molecule has 0 aliphatic heterocycles. The van der Waals surface area contributed by atoms with Crippen molar-refractivity contribution in [2.75, 3.05) is 0 Å². The van der Waals surface area contributed by atoms with Crippen LogP contribution in [0.3, 0.4) is 0 Å². The lowest BCUT2D eigenvalue weighted by atomic mass is 10.1. The van der Waals surface area contributed by atoms with Gasteiger partial charge in [-0.15, -0.1) is 0 Å². The highest BCUT2D eigenvalue weighted by atomic mass is 14.7. The maximum Gasteiger partial charge on any atom is 0.0687 e. The first-order valence-corrected chi connectivity index (χ1v) is 6.31. The smallest absolute Gasteiger partial charge is 0.0687 e. The molecule has 0 saturated carbocycles. The zero-order chi connectivity index (χ0) is 13.0. The number of hydrogen-bond donors (Lipinski definition) is 0. The predicted octanol–water partition coefficient (Wildman–Crippen LogP) is 4.64. The van der Waals surface area contributed by atoms with E-state index < -0.39 is 0 Å². The minimum absolute atomic E-state index is 0.911. The van der Waals surface area contributed by atoms with Gasteiger partial charge in [0.2, 0.25) is 0 Å². The Labute approximate surface area is 109 Å². The van der Waals surface area contributed by atoms with Crippen LogP contribution in [0.1, 0.15) is 23.6 Å². The number of hydrogen-bond acceptors (Lipinski definition) is 1. The lowest BCUT2D eigenvalue weighted by Crippen LogP contribution is -1.97. The Kier molecular flexibility index (Phi) is 3.93. The molecule has 18 heavy (non-hydrogen) atoms. The Morgan fingerprint density at radius 3 is 2.11 bits per heavy atom. The largest absolute Gasteiger partial charge is 0.257 e. The molecule has 92 valence electrons. The molecule has 0 fully saturated rings. The van der Waals surface area contributed by atoms with Crippen molar-refractivity contribution in [3.63, 3.8) is 0 Å². The van der Waals surface area contributed by atoms with Crippen molar-refractivity contribution in [2.24, 2.45) is 4.99 Å². The summed E-state index contributed by atoms with van der Waals surface area (Å²) in [7, 11) is 0. The molecule has 0 unspecified atom stereocenters. The molecule has 1 heteroatoms. The Morgan fingerprint density at radius 1 is 0.889 bits per heavy atom. The van der Waals surface area contributed by atoms with Crippen LogP contribution in [0.4, 0.5) is 5.69 Å². The highest BCUT2D eigenvalue weighted by Crippen LogP contribution is 2.23. The number of benzene rings is 2. The second-order valence-electron chi connectivity index (χ2n) is 4.75. The molecule has 0 radical (unpaired) electrons. The number of aryl methyl sites for hydroxylation is 2. The molecule has 0 N–H and O–H groups in total. The third kappa shape index (κ3) is 3.07. The molecular weight excluding hydrogens is 218 g/mol. The summed E-state index contributed by atoms with van der Waals surface area (Å²) in [5.74, 6) is 0. The number of para-hydroxylation sites is 1. The van der Waals surface area contributed by atoms with Gasteiger partial charge in [-0.05, 0) is 37.5 Å². The monoisotopic (exact) mass is 237 g/mol. The Hall–Kier alpha value is -1.89. The summed E-state index contributed by atoms with van der Waals surface area (Å²) in [5, 5.41) is 0.